The fraction of sp³-hybridized carbons (Fsp3) is 0.385. The van der Waals surface area contributed by atoms with Crippen LogP contribution in [0.2, 0.25) is 5.02 Å². The molecule has 1 aromatic carbocycles. The maximum absolute atomic E-state index is 6.08. The van der Waals surface area contributed by atoms with Crippen LogP contribution in [-0.2, 0) is 6.42 Å². The SMILES string of the molecule is Cc1ccc(CC2=CCCC2)cc1Cl. The fourth-order valence-corrected chi connectivity index (χ4v) is 2.11. The highest BCUT2D eigenvalue weighted by Gasteiger charge is 2.06. The monoisotopic (exact) mass is 206 g/mol. The van der Waals surface area contributed by atoms with Crippen LogP contribution in [0.1, 0.15) is 30.4 Å². The minimum atomic E-state index is 0.890. The average molecular weight is 207 g/mol. The number of benzene rings is 1. The zero-order valence-electron chi connectivity index (χ0n) is 8.52. The molecule has 0 N–H and O–H groups in total. The fourth-order valence-electron chi connectivity index (χ4n) is 1.91. The molecule has 0 saturated carbocycles. The predicted octanol–water partition coefficient (Wildman–Crippen LogP) is 4.30. The molecular weight excluding hydrogens is 192 g/mol. The molecule has 0 saturated heterocycles. The molecule has 2 rings (SSSR count). The summed E-state index contributed by atoms with van der Waals surface area (Å²) >= 11 is 6.08. The van der Waals surface area contributed by atoms with Crippen molar-refractivity contribution in [2.75, 3.05) is 0 Å². The van der Waals surface area contributed by atoms with E-state index in [0.29, 0.717) is 0 Å². The van der Waals surface area contributed by atoms with Gasteiger partial charge in [-0.15, -0.1) is 0 Å². The second-order valence-electron chi connectivity index (χ2n) is 4.01. The molecule has 1 aliphatic rings. The average Bonchev–Trinajstić information content (AvgIpc) is 2.64. The van der Waals surface area contributed by atoms with E-state index in [1.807, 2.05) is 6.92 Å². The van der Waals surface area contributed by atoms with Crippen LogP contribution in [0.15, 0.2) is 29.8 Å². The number of hydrogen-bond donors (Lipinski definition) is 0. The molecule has 1 heteroatoms. The first-order valence-electron chi connectivity index (χ1n) is 5.18. The van der Waals surface area contributed by atoms with Gasteiger partial charge in [0.2, 0.25) is 0 Å². The Balaban J connectivity index is 2.13. The van der Waals surface area contributed by atoms with Crippen molar-refractivity contribution in [3.05, 3.63) is 46.0 Å². The van der Waals surface area contributed by atoms with Crippen molar-refractivity contribution in [3.63, 3.8) is 0 Å². The van der Waals surface area contributed by atoms with Crippen molar-refractivity contribution in [2.45, 2.75) is 32.6 Å². The second kappa shape index (κ2) is 4.18. The van der Waals surface area contributed by atoms with Crippen molar-refractivity contribution in [2.24, 2.45) is 0 Å². The number of rotatable bonds is 2. The number of aryl methyl sites for hydroxylation is 1. The summed E-state index contributed by atoms with van der Waals surface area (Å²) in [6.45, 7) is 2.04. The lowest BCUT2D eigenvalue weighted by molar-refractivity contribution is 0.887. The van der Waals surface area contributed by atoms with Crippen molar-refractivity contribution in [3.8, 4) is 0 Å². The van der Waals surface area contributed by atoms with Crippen molar-refractivity contribution < 1.29 is 0 Å². The molecule has 1 aliphatic carbocycles. The molecule has 0 radical (unpaired) electrons. The van der Waals surface area contributed by atoms with Gasteiger partial charge in [-0.3, -0.25) is 0 Å². The van der Waals surface area contributed by atoms with Gasteiger partial charge in [-0.05, 0) is 49.8 Å². The number of halogens is 1. The van der Waals surface area contributed by atoms with Gasteiger partial charge in [0.15, 0.2) is 0 Å². The summed E-state index contributed by atoms with van der Waals surface area (Å²) in [6.07, 6.45) is 7.31. The molecular formula is C13H15Cl. The zero-order chi connectivity index (χ0) is 9.97. The lowest BCUT2D eigenvalue weighted by Crippen LogP contribution is -1.88. The van der Waals surface area contributed by atoms with Gasteiger partial charge < -0.3 is 0 Å². The first-order valence-corrected chi connectivity index (χ1v) is 5.56. The van der Waals surface area contributed by atoms with Gasteiger partial charge in [-0.2, -0.15) is 0 Å². The molecule has 0 bridgehead atoms. The Hall–Kier alpha value is -0.750. The molecule has 1 aromatic rings. The Morgan fingerprint density at radius 2 is 2.21 bits per heavy atom. The minimum Gasteiger partial charge on any atom is -0.0850 e. The van der Waals surface area contributed by atoms with Crippen LogP contribution in [0.25, 0.3) is 0 Å². The van der Waals surface area contributed by atoms with E-state index in [9.17, 15) is 0 Å². The standard InChI is InChI=1S/C13H15Cl/c1-10-6-7-12(9-13(10)14)8-11-4-2-3-5-11/h4,6-7,9H,2-3,5,8H2,1H3. The highest BCUT2D eigenvalue weighted by atomic mass is 35.5. The molecule has 0 nitrogen and oxygen atoms in total. The Labute approximate surface area is 90.6 Å². The van der Waals surface area contributed by atoms with Crippen LogP contribution in [0, 0.1) is 6.92 Å². The first-order chi connectivity index (χ1) is 6.75. The first kappa shape index (κ1) is 9.79. The highest BCUT2D eigenvalue weighted by Crippen LogP contribution is 2.24. The Morgan fingerprint density at radius 1 is 1.36 bits per heavy atom. The molecule has 74 valence electrons. The zero-order valence-corrected chi connectivity index (χ0v) is 9.27. The van der Waals surface area contributed by atoms with Gasteiger partial charge in [-0.1, -0.05) is 35.4 Å². The summed E-state index contributed by atoms with van der Waals surface area (Å²) in [4.78, 5) is 0. The molecule has 0 spiro atoms. The highest BCUT2D eigenvalue weighted by molar-refractivity contribution is 6.31. The molecule has 14 heavy (non-hydrogen) atoms. The van der Waals surface area contributed by atoms with E-state index in [-0.39, 0.29) is 0 Å². The van der Waals surface area contributed by atoms with E-state index in [0.717, 1.165) is 17.0 Å². The lowest BCUT2D eigenvalue weighted by atomic mass is 10.0. The van der Waals surface area contributed by atoms with E-state index >= 15 is 0 Å². The molecule has 0 heterocycles. The third kappa shape index (κ3) is 2.19. The van der Waals surface area contributed by atoms with Crippen LogP contribution in [-0.4, -0.2) is 0 Å². The summed E-state index contributed by atoms with van der Waals surface area (Å²) in [7, 11) is 0. The van der Waals surface area contributed by atoms with Crippen LogP contribution in [0.3, 0.4) is 0 Å². The van der Waals surface area contributed by atoms with Gasteiger partial charge in [0.25, 0.3) is 0 Å². The maximum atomic E-state index is 6.08. The van der Waals surface area contributed by atoms with Crippen molar-refractivity contribution >= 4 is 11.6 Å². The quantitative estimate of drug-likeness (QED) is 0.633. The van der Waals surface area contributed by atoms with Gasteiger partial charge >= 0.3 is 0 Å². The van der Waals surface area contributed by atoms with Crippen LogP contribution >= 0.6 is 11.6 Å². The summed E-state index contributed by atoms with van der Waals surface area (Å²) in [5.41, 5.74) is 4.08. The van der Waals surface area contributed by atoms with E-state index in [1.165, 1.54) is 24.8 Å². The second-order valence-corrected chi connectivity index (χ2v) is 4.42. The summed E-state index contributed by atoms with van der Waals surface area (Å²) < 4.78 is 0. The van der Waals surface area contributed by atoms with Crippen LogP contribution in [0.4, 0.5) is 0 Å². The smallest absolute Gasteiger partial charge is 0.0438 e. The minimum absolute atomic E-state index is 0.890. The Kier molecular flexibility index (Phi) is 2.93. The van der Waals surface area contributed by atoms with Gasteiger partial charge in [0.1, 0.15) is 0 Å². The van der Waals surface area contributed by atoms with E-state index in [2.05, 4.69) is 24.3 Å². The number of allylic oxidation sites excluding steroid dienone is 2. The van der Waals surface area contributed by atoms with Crippen LogP contribution in [0.5, 0.6) is 0 Å². The largest absolute Gasteiger partial charge is 0.0850 e. The van der Waals surface area contributed by atoms with Crippen molar-refractivity contribution in [1.82, 2.24) is 0 Å². The molecule has 0 aromatic heterocycles. The summed E-state index contributed by atoms with van der Waals surface area (Å²) in [5.74, 6) is 0. The van der Waals surface area contributed by atoms with Crippen molar-refractivity contribution in [1.29, 1.82) is 0 Å². The predicted molar refractivity (Wildman–Crippen MR) is 61.8 cm³/mol. The summed E-state index contributed by atoms with van der Waals surface area (Å²) in [5, 5.41) is 0.890. The Morgan fingerprint density at radius 3 is 2.86 bits per heavy atom. The van der Waals surface area contributed by atoms with Gasteiger partial charge in [-0.25, -0.2) is 0 Å². The van der Waals surface area contributed by atoms with Gasteiger partial charge in [0, 0.05) is 5.02 Å². The molecule has 0 fully saturated rings. The molecule has 0 aliphatic heterocycles. The summed E-state index contributed by atoms with van der Waals surface area (Å²) in [6, 6.07) is 6.38. The van der Waals surface area contributed by atoms with Crippen LogP contribution < -0.4 is 0 Å². The normalized spacial score (nSPS) is 15.7. The van der Waals surface area contributed by atoms with E-state index in [1.54, 1.807) is 5.57 Å². The van der Waals surface area contributed by atoms with Gasteiger partial charge in [0.05, 0.1) is 0 Å². The third-order valence-corrected chi connectivity index (χ3v) is 3.21. The molecule has 0 unspecified atom stereocenters. The Bertz CT molecular complexity index is 363. The van der Waals surface area contributed by atoms with E-state index in [4.69, 9.17) is 11.6 Å². The topological polar surface area (TPSA) is 0 Å². The lowest BCUT2D eigenvalue weighted by Gasteiger charge is -2.04. The van der Waals surface area contributed by atoms with E-state index < -0.39 is 0 Å². The molecule has 0 atom stereocenters. The third-order valence-electron chi connectivity index (χ3n) is 2.80. The number of hydrogen-bond acceptors (Lipinski definition) is 0. The molecule has 0 amide bonds. The maximum Gasteiger partial charge on any atom is 0.0438 e.